The van der Waals surface area contributed by atoms with E-state index in [1.54, 1.807) is 18.4 Å². The Morgan fingerprint density at radius 1 is 1.00 bits per heavy atom. The first-order valence-electron chi connectivity index (χ1n) is 6.82. The minimum atomic E-state index is -0.482. The summed E-state index contributed by atoms with van der Waals surface area (Å²) in [6.45, 7) is 8.76. The lowest BCUT2D eigenvalue weighted by Crippen LogP contribution is -2.32. The van der Waals surface area contributed by atoms with Crippen LogP contribution in [0.3, 0.4) is 0 Å². The van der Waals surface area contributed by atoms with E-state index in [1.165, 1.54) is 0 Å². The molecule has 0 atom stereocenters. The molecule has 2 saturated heterocycles. The molecule has 6 nitrogen and oxygen atoms in total. The van der Waals surface area contributed by atoms with Gasteiger partial charge in [-0.3, -0.25) is 0 Å². The topological polar surface area (TPSA) is 55.4 Å². The molecule has 0 radical (unpaired) electrons. The molecule has 0 aromatic carbocycles. The van der Waals surface area contributed by atoms with E-state index < -0.39 is 14.6 Å². The normalized spacial score (nSPS) is 19.4. The lowest BCUT2D eigenvalue weighted by molar-refractivity contribution is 0.0597. The monoisotopic (exact) mass is 284 g/mol. The molecule has 0 unspecified atom stereocenters. The van der Waals surface area contributed by atoms with Gasteiger partial charge in [0.2, 0.25) is 0 Å². The fourth-order valence-corrected chi connectivity index (χ4v) is 1.40. The van der Waals surface area contributed by atoms with Gasteiger partial charge in [0.05, 0.1) is 12.9 Å². The summed E-state index contributed by atoms with van der Waals surface area (Å²) in [5.74, 6) is 0. The average molecular weight is 284 g/mol. The van der Waals surface area contributed by atoms with Gasteiger partial charge in [0.25, 0.3) is 0 Å². The molecule has 2 aliphatic rings. The number of allylic oxidation sites excluding steroid dienone is 1. The minimum absolute atomic E-state index is 0.466. The highest BCUT2D eigenvalue weighted by molar-refractivity contribution is 6.36. The predicted molar refractivity (Wildman–Crippen MR) is 76.6 cm³/mol. The molecule has 112 valence electrons. The van der Waals surface area contributed by atoms with E-state index in [2.05, 4.69) is 6.58 Å². The Bertz CT molecular complexity index is 265. The molecule has 2 heterocycles. The Kier molecular flexibility index (Phi) is 10.3. The molecule has 2 fully saturated rings. The van der Waals surface area contributed by atoms with Crippen LogP contribution in [0, 0.1) is 0 Å². The number of rotatable bonds is 5. The average Bonchev–Trinajstić information content (AvgIpc) is 2.53. The van der Waals surface area contributed by atoms with Crippen molar-refractivity contribution in [3.05, 3.63) is 25.0 Å². The second kappa shape index (κ2) is 12.0. The summed E-state index contributed by atoms with van der Waals surface area (Å²) in [4.78, 5) is 0. The summed E-state index contributed by atoms with van der Waals surface area (Å²) < 4.78 is 30.4. The van der Waals surface area contributed by atoms with Gasteiger partial charge >= 0.3 is 14.6 Å². The van der Waals surface area contributed by atoms with Crippen molar-refractivity contribution >= 4 is 14.6 Å². The molecular weight excluding hydrogens is 262 g/mol. The van der Waals surface area contributed by atoms with Crippen LogP contribution >= 0.6 is 0 Å². The van der Waals surface area contributed by atoms with Crippen LogP contribution in [-0.4, -0.2) is 47.7 Å². The Morgan fingerprint density at radius 2 is 1.55 bits per heavy atom. The first-order chi connectivity index (χ1) is 9.86. The maximum Gasteiger partial charge on any atom is 0.712 e. The fourth-order valence-electron chi connectivity index (χ4n) is 1.40. The van der Waals surface area contributed by atoms with Crippen LogP contribution in [0.2, 0.25) is 0 Å². The summed E-state index contributed by atoms with van der Waals surface area (Å²) >= 11 is 0. The Labute approximate surface area is 121 Å². The smallest absolute Gasteiger partial charge is 0.518 e. The predicted octanol–water partition coefficient (Wildman–Crippen LogP) is 1.57. The molecule has 0 aromatic heterocycles. The Morgan fingerprint density at radius 3 is 2.05 bits per heavy atom. The first-order valence-corrected chi connectivity index (χ1v) is 6.82. The van der Waals surface area contributed by atoms with Gasteiger partial charge in [0.1, 0.15) is 0 Å². The lowest BCUT2D eigenvalue weighted by Gasteiger charge is -2.17. The van der Waals surface area contributed by atoms with Gasteiger partial charge in [-0.25, -0.2) is 0 Å². The van der Waals surface area contributed by atoms with Crippen molar-refractivity contribution in [1.82, 2.24) is 0 Å². The number of hydrogen-bond acceptors (Lipinski definition) is 6. The maximum absolute atomic E-state index is 5.09. The van der Waals surface area contributed by atoms with Crippen LogP contribution < -0.4 is 0 Å². The van der Waals surface area contributed by atoms with E-state index in [4.69, 9.17) is 27.9 Å². The molecule has 0 bridgehead atoms. The summed E-state index contributed by atoms with van der Waals surface area (Å²) in [5.41, 5.74) is 0. The molecule has 0 aromatic rings. The third-order valence-corrected chi connectivity index (χ3v) is 2.27. The maximum atomic E-state index is 5.09. The third kappa shape index (κ3) is 8.39. The van der Waals surface area contributed by atoms with Gasteiger partial charge in [-0.15, -0.1) is 6.58 Å². The largest absolute Gasteiger partial charge is 0.712 e. The van der Waals surface area contributed by atoms with Crippen molar-refractivity contribution in [3.63, 3.8) is 0 Å². The van der Waals surface area contributed by atoms with Crippen LogP contribution in [0.1, 0.15) is 19.8 Å². The van der Waals surface area contributed by atoms with Crippen LogP contribution in [0.4, 0.5) is 0 Å². The van der Waals surface area contributed by atoms with Crippen molar-refractivity contribution in [1.29, 1.82) is 0 Å². The van der Waals surface area contributed by atoms with Gasteiger partial charge in [0.15, 0.2) is 0 Å². The highest BCUT2D eigenvalue weighted by Gasteiger charge is 2.25. The highest BCUT2D eigenvalue weighted by Crippen LogP contribution is 2.02. The molecule has 0 amide bonds. The van der Waals surface area contributed by atoms with Crippen molar-refractivity contribution < 1.29 is 27.9 Å². The second-order valence-electron chi connectivity index (χ2n) is 4.00. The molecule has 2 rings (SSSR count). The van der Waals surface area contributed by atoms with Crippen LogP contribution in [0.5, 0.6) is 0 Å². The highest BCUT2D eigenvalue weighted by atomic mass is 16.7. The first kappa shape index (κ1) is 17.3. The van der Waals surface area contributed by atoms with E-state index in [9.17, 15) is 0 Å². The van der Waals surface area contributed by atoms with Gasteiger partial charge in [-0.05, 0) is 19.8 Å². The summed E-state index contributed by atoms with van der Waals surface area (Å²) in [7, 11) is -0.948. The molecule has 2 aliphatic heterocycles. The zero-order valence-corrected chi connectivity index (χ0v) is 12.0. The molecule has 0 spiro atoms. The molecule has 20 heavy (non-hydrogen) atoms. The van der Waals surface area contributed by atoms with Gasteiger partial charge in [-0.1, -0.05) is 12.2 Å². The van der Waals surface area contributed by atoms with Gasteiger partial charge in [-0.2, -0.15) is 0 Å². The third-order valence-electron chi connectivity index (χ3n) is 2.27. The van der Waals surface area contributed by atoms with E-state index in [1.807, 2.05) is 6.92 Å². The lowest BCUT2D eigenvalue weighted by atomic mass is 10.2. The second-order valence-corrected chi connectivity index (χ2v) is 4.00. The van der Waals surface area contributed by atoms with E-state index in [-0.39, 0.29) is 0 Å². The van der Waals surface area contributed by atoms with E-state index in [0.29, 0.717) is 6.61 Å². The summed E-state index contributed by atoms with van der Waals surface area (Å²) in [6.07, 6.45) is 6.93. The standard InChI is InChI=1S/2C6H11BO3/c2*1-2-4-8-7-9-5-3-6-10-7/h2,4H,3,5-6H2,1H3;2H,1,3-6H2/b4-2+;. The zero-order valence-electron chi connectivity index (χ0n) is 12.0. The van der Waals surface area contributed by atoms with Crippen LogP contribution in [0.25, 0.3) is 0 Å². The Hall–Kier alpha value is -0.790. The molecule has 8 heteroatoms. The molecular formula is C12H22B2O6. The Balaban J connectivity index is 0.000000200. The van der Waals surface area contributed by atoms with Gasteiger partial charge in [0, 0.05) is 26.4 Å². The van der Waals surface area contributed by atoms with E-state index in [0.717, 1.165) is 39.3 Å². The molecule has 0 N–H and O–H groups in total. The minimum Gasteiger partial charge on any atom is -0.518 e. The SMILES string of the molecule is C/C=C/OB1OCCCO1.C=CCOB1OCCCO1. The van der Waals surface area contributed by atoms with Crippen molar-refractivity contribution in [2.45, 2.75) is 19.8 Å². The van der Waals surface area contributed by atoms with Crippen molar-refractivity contribution in [3.8, 4) is 0 Å². The van der Waals surface area contributed by atoms with Crippen LogP contribution in [-0.2, 0) is 27.9 Å². The molecule has 0 aliphatic carbocycles. The number of hydrogen-bond donors (Lipinski definition) is 0. The van der Waals surface area contributed by atoms with Gasteiger partial charge < -0.3 is 27.9 Å². The molecule has 0 saturated carbocycles. The summed E-state index contributed by atoms with van der Waals surface area (Å²) in [5, 5.41) is 0. The quantitative estimate of drug-likeness (QED) is 0.434. The van der Waals surface area contributed by atoms with E-state index >= 15 is 0 Å². The summed E-state index contributed by atoms with van der Waals surface area (Å²) in [6, 6.07) is 0. The fraction of sp³-hybridized carbons (Fsp3) is 0.667. The zero-order chi connectivity index (χ0) is 14.5. The van der Waals surface area contributed by atoms with Crippen molar-refractivity contribution in [2.75, 3.05) is 33.0 Å². The van der Waals surface area contributed by atoms with Crippen LogP contribution in [0.15, 0.2) is 25.0 Å². The van der Waals surface area contributed by atoms with Crippen molar-refractivity contribution in [2.24, 2.45) is 0 Å².